The topological polar surface area (TPSA) is 60.9 Å². The van der Waals surface area contributed by atoms with Crippen molar-refractivity contribution in [3.63, 3.8) is 0 Å². The minimum absolute atomic E-state index is 0. The molecule has 0 radical (unpaired) electrons. The van der Waals surface area contributed by atoms with Gasteiger partial charge >= 0.3 is 0 Å². The number of hydrogen-bond donors (Lipinski definition) is 0. The first-order valence-corrected chi connectivity index (χ1v) is 4.35. The van der Waals surface area contributed by atoms with E-state index in [1.807, 2.05) is 29.5 Å². The average molecular weight is 181 g/mol. The molecule has 1 aliphatic heterocycles. The van der Waals surface area contributed by atoms with Crippen molar-refractivity contribution in [3.8, 4) is 0 Å². The third kappa shape index (κ3) is 1.23. The van der Waals surface area contributed by atoms with Gasteiger partial charge in [-0.25, -0.2) is 9.19 Å². The van der Waals surface area contributed by atoms with Crippen molar-refractivity contribution in [1.82, 2.24) is 0 Å². The number of nitrogens with zero attached hydrogens (tertiary/aromatic N) is 1. The van der Waals surface area contributed by atoms with E-state index in [0.717, 1.165) is 10.5 Å². The van der Waals surface area contributed by atoms with E-state index in [9.17, 15) is 4.79 Å². The van der Waals surface area contributed by atoms with Crippen LogP contribution in [0.2, 0.25) is 0 Å². The third-order valence-electron chi connectivity index (χ3n) is 1.50. The first-order valence-electron chi connectivity index (χ1n) is 3.17. The number of rotatable bonds is 0. The second-order valence-corrected chi connectivity index (χ2v) is 3.53. The van der Waals surface area contributed by atoms with Crippen LogP contribution in [0.5, 0.6) is 0 Å². The Labute approximate surface area is 72.1 Å². The summed E-state index contributed by atoms with van der Waals surface area (Å²) in [5.41, 5.74) is 1.04. The van der Waals surface area contributed by atoms with Crippen LogP contribution < -0.4 is 0 Å². The molecule has 1 unspecified atom stereocenters. The lowest BCUT2D eigenvalue weighted by atomic mass is 10.2. The van der Waals surface area contributed by atoms with E-state index in [0.29, 0.717) is 0 Å². The zero-order chi connectivity index (χ0) is 7.68. The number of hydrogen-bond acceptors (Lipinski definition) is 2. The second-order valence-electron chi connectivity index (χ2n) is 2.14. The van der Waals surface area contributed by atoms with Gasteiger partial charge in [-0.05, 0) is 6.07 Å². The first-order chi connectivity index (χ1) is 5.42. The molecule has 2 N–H and O–H groups in total. The van der Waals surface area contributed by atoms with Crippen LogP contribution in [0, 0.1) is 0 Å². The Morgan fingerprint density at radius 1 is 1.33 bits per heavy atom. The normalized spacial score (nSPS) is 17.8. The minimum Gasteiger partial charge on any atom is -0.412 e. The van der Waals surface area contributed by atoms with Gasteiger partial charge < -0.3 is 5.48 Å². The van der Waals surface area contributed by atoms with Crippen LogP contribution in [-0.4, -0.2) is 16.9 Å². The summed E-state index contributed by atoms with van der Waals surface area (Å²) < 4.78 is 4.00. The van der Waals surface area contributed by atoms with Gasteiger partial charge in [0, 0.05) is 27.3 Å². The fourth-order valence-electron chi connectivity index (χ4n) is 0.996. The van der Waals surface area contributed by atoms with E-state index < -0.39 is 10.7 Å². The molecule has 1 aromatic rings. The van der Waals surface area contributed by atoms with Crippen LogP contribution in [0.4, 0.5) is 0 Å². The maximum absolute atomic E-state index is 10.3. The van der Waals surface area contributed by atoms with E-state index in [1.165, 1.54) is 0 Å². The molecule has 2 rings (SSSR count). The molecule has 12 heavy (non-hydrogen) atoms. The van der Waals surface area contributed by atoms with Crippen molar-refractivity contribution in [2.45, 2.75) is 4.90 Å². The molecule has 4 heteroatoms. The molecular weight excluding hydrogens is 174 g/mol. The molecule has 1 aliphatic rings. The number of carbonyl (C=O) groups excluding carboxylic acids is 1. The highest BCUT2D eigenvalue weighted by molar-refractivity contribution is 8.13. The Morgan fingerprint density at radius 2 is 2.08 bits per heavy atom. The highest BCUT2D eigenvalue weighted by Gasteiger charge is 2.09. The van der Waals surface area contributed by atoms with E-state index in [4.69, 9.17) is 0 Å². The minimum atomic E-state index is -0.645. The van der Waals surface area contributed by atoms with Crippen molar-refractivity contribution in [2.75, 3.05) is 0 Å². The molecule has 62 valence electrons. The molecule has 0 saturated heterocycles. The highest BCUT2D eigenvalue weighted by Crippen LogP contribution is 2.33. The SMILES string of the molecule is O.O=C=S1N=Cc2ccccc21. The second kappa shape index (κ2) is 3.45. The fraction of sp³-hybridized carbons (Fsp3) is 0. The molecule has 0 aromatic heterocycles. The van der Waals surface area contributed by atoms with Gasteiger partial charge in [-0.15, -0.1) is 0 Å². The van der Waals surface area contributed by atoms with E-state index in [2.05, 4.69) is 4.40 Å². The third-order valence-corrected chi connectivity index (χ3v) is 2.77. The van der Waals surface area contributed by atoms with Gasteiger partial charge in [0.25, 0.3) is 0 Å². The molecular formula is C8H7NO2S. The van der Waals surface area contributed by atoms with Crippen LogP contribution in [0.15, 0.2) is 33.6 Å². The van der Waals surface area contributed by atoms with Crippen LogP contribution in [0.1, 0.15) is 5.56 Å². The molecule has 1 heterocycles. The summed E-state index contributed by atoms with van der Waals surface area (Å²) in [6.45, 7) is 0. The van der Waals surface area contributed by atoms with E-state index >= 15 is 0 Å². The summed E-state index contributed by atoms with van der Waals surface area (Å²) in [5.74, 6) is 0. The Morgan fingerprint density at radius 3 is 2.83 bits per heavy atom. The molecule has 0 saturated carbocycles. The van der Waals surface area contributed by atoms with Gasteiger partial charge in [0.1, 0.15) is 0 Å². The maximum atomic E-state index is 10.3. The van der Waals surface area contributed by atoms with Crippen LogP contribution in [0.25, 0.3) is 0 Å². The molecule has 0 amide bonds. The quantitative estimate of drug-likeness (QED) is 0.548. The zero-order valence-electron chi connectivity index (χ0n) is 6.15. The lowest BCUT2D eigenvalue weighted by Crippen LogP contribution is -1.76. The molecule has 0 spiro atoms. The van der Waals surface area contributed by atoms with Crippen molar-refractivity contribution >= 4 is 22.1 Å². The monoisotopic (exact) mass is 181 g/mol. The predicted octanol–water partition coefficient (Wildman–Crippen LogP) is 0.904. The van der Waals surface area contributed by atoms with Gasteiger partial charge in [0.15, 0.2) is 5.23 Å². The Kier molecular flexibility index (Phi) is 2.55. The Balaban J connectivity index is 0.000000720. The smallest absolute Gasteiger partial charge is 0.183 e. The van der Waals surface area contributed by atoms with Crippen molar-refractivity contribution in [2.24, 2.45) is 4.40 Å². The lowest BCUT2D eigenvalue weighted by molar-refractivity contribution is 0.572. The highest BCUT2D eigenvalue weighted by atomic mass is 32.2. The Hall–Kier alpha value is -1.22. The van der Waals surface area contributed by atoms with Crippen LogP contribution in [0.3, 0.4) is 0 Å². The standard InChI is InChI=1S/C8H5NOS.H2O/c10-6-11-8-4-2-1-3-7(8)5-9-11;/h1-5H;1H2. The van der Waals surface area contributed by atoms with E-state index in [1.54, 1.807) is 6.21 Å². The molecule has 1 aromatic carbocycles. The molecule has 1 atom stereocenters. The summed E-state index contributed by atoms with van der Waals surface area (Å²) in [7, 11) is -0.645. The van der Waals surface area contributed by atoms with Gasteiger partial charge in [-0.2, -0.15) is 0 Å². The largest absolute Gasteiger partial charge is 0.412 e. The van der Waals surface area contributed by atoms with Crippen molar-refractivity contribution in [1.29, 1.82) is 0 Å². The van der Waals surface area contributed by atoms with Gasteiger partial charge in [0.2, 0.25) is 0 Å². The summed E-state index contributed by atoms with van der Waals surface area (Å²) in [6.07, 6.45) is 1.73. The van der Waals surface area contributed by atoms with Crippen LogP contribution in [-0.2, 0) is 4.79 Å². The maximum Gasteiger partial charge on any atom is 0.183 e. The molecule has 0 bridgehead atoms. The number of benzene rings is 1. The zero-order valence-corrected chi connectivity index (χ0v) is 6.97. The van der Waals surface area contributed by atoms with Gasteiger partial charge in [-0.3, -0.25) is 0 Å². The molecule has 3 nitrogen and oxygen atoms in total. The summed E-state index contributed by atoms with van der Waals surface area (Å²) in [6, 6.07) is 7.70. The number of fused-ring (bicyclic) bond motifs is 1. The Bertz CT molecular complexity index is 380. The first kappa shape index (κ1) is 8.87. The fourth-order valence-corrected chi connectivity index (χ4v) is 2.01. The van der Waals surface area contributed by atoms with Gasteiger partial charge in [0.05, 0.1) is 0 Å². The van der Waals surface area contributed by atoms with Crippen molar-refractivity contribution < 1.29 is 10.3 Å². The average Bonchev–Trinajstić information content (AvgIpc) is 2.47. The van der Waals surface area contributed by atoms with E-state index in [-0.39, 0.29) is 5.48 Å². The summed E-state index contributed by atoms with van der Waals surface area (Å²) in [4.78, 5) is 11.3. The lowest BCUT2D eigenvalue weighted by Gasteiger charge is -1.92. The molecule has 0 fully saturated rings. The molecule has 0 aliphatic carbocycles. The van der Waals surface area contributed by atoms with Crippen molar-refractivity contribution in [3.05, 3.63) is 29.8 Å². The van der Waals surface area contributed by atoms with Gasteiger partial charge in [-0.1, -0.05) is 18.2 Å². The predicted molar refractivity (Wildman–Crippen MR) is 49.2 cm³/mol. The van der Waals surface area contributed by atoms with Crippen LogP contribution >= 0.6 is 10.7 Å². The summed E-state index contributed by atoms with van der Waals surface area (Å²) >= 11 is 0. The summed E-state index contributed by atoms with van der Waals surface area (Å²) in [5, 5.41) is 1.90.